The second kappa shape index (κ2) is 5.35. The third kappa shape index (κ3) is 5.04. The number of amides is 1. The molecule has 0 atom stereocenters. The van der Waals surface area contributed by atoms with Crippen molar-refractivity contribution in [2.45, 2.75) is 25.9 Å². The molecule has 0 unspecified atom stereocenters. The predicted molar refractivity (Wildman–Crippen MR) is 57.9 cm³/mol. The minimum absolute atomic E-state index is 0.0518. The first-order valence-corrected chi connectivity index (χ1v) is 5.14. The Morgan fingerprint density at radius 3 is 2.76 bits per heavy atom. The Morgan fingerprint density at radius 1 is 1.53 bits per heavy atom. The van der Waals surface area contributed by atoms with Crippen molar-refractivity contribution >= 4 is 23.2 Å². The molecule has 1 aromatic heterocycles. The third-order valence-electron chi connectivity index (χ3n) is 1.89. The summed E-state index contributed by atoms with van der Waals surface area (Å²) in [6.45, 7) is 1.73. The van der Waals surface area contributed by atoms with E-state index in [0.717, 1.165) is 5.56 Å². The van der Waals surface area contributed by atoms with Crippen LogP contribution in [-0.2, 0) is 4.79 Å². The van der Waals surface area contributed by atoms with Crippen LogP contribution in [0.2, 0.25) is 5.15 Å². The van der Waals surface area contributed by atoms with Crippen LogP contribution >= 0.6 is 11.6 Å². The summed E-state index contributed by atoms with van der Waals surface area (Å²) < 4.78 is 35.6. The van der Waals surface area contributed by atoms with Gasteiger partial charge in [-0.2, -0.15) is 13.2 Å². The van der Waals surface area contributed by atoms with Gasteiger partial charge in [0, 0.05) is 12.6 Å². The number of hydrogen-bond donors (Lipinski definition) is 1. The molecule has 0 saturated heterocycles. The van der Waals surface area contributed by atoms with Gasteiger partial charge in [0.25, 0.3) is 0 Å². The molecule has 17 heavy (non-hydrogen) atoms. The number of nitrogens with one attached hydrogen (secondary N) is 1. The van der Waals surface area contributed by atoms with E-state index in [4.69, 9.17) is 11.6 Å². The Bertz CT molecular complexity index is 421. The molecule has 0 radical (unpaired) electrons. The first-order chi connectivity index (χ1) is 7.78. The summed E-state index contributed by atoms with van der Waals surface area (Å²) in [6, 6.07) is 1.54. The Labute approximate surface area is 101 Å². The molecular weight excluding hydrogens is 257 g/mol. The summed E-state index contributed by atoms with van der Waals surface area (Å²) in [5.41, 5.74) is 0.972. The van der Waals surface area contributed by atoms with Crippen LogP contribution in [0.5, 0.6) is 0 Å². The zero-order valence-corrected chi connectivity index (χ0v) is 9.69. The van der Waals surface area contributed by atoms with Crippen molar-refractivity contribution in [1.29, 1.82) is 0 Å². The normalized spacial score (nSPS) is 11.4. The van der Waals surface area contributed by atoms with Gasteiger partial charge in [-0.25, -0.2) is 4.98 Å². The monoisotopic (exact) mass is 266 g/mol. The van der Waals surface area contributed by atoms with E-state index in [2.05, 4.69) is 10.3 Å². The van der Waals surface area contributed by atoms with Crippen LogP contribution in [0, 0.1) is 6.92 Å². The lowest BCUT2D eigenvalue weighted by molar-refractivity contribution is -0.142. The van der Waals surface area contributed by atoms with Crippen molar-refractivity contribution < 1.29 is 18.0 Å². The highest BCUT2D eigenvalue weighted by Crippen LogP contribution is 2.23. The van der Waals surface area contributed by atoms with Gasteiger partial charge in [0.15, 0.2) is 5.15 Å². The van der Waals surface area contributed by atoms with Crippen LogP contribution in [0.15, 0.2) is 12.3 Å². The smallest absolute Gasteiger partial charge is 0.323 e. The lowest BCUT2D eigenvalue weighted by Crippen LogP contribution is -2.17. The van der Waals surface area contributed by atoms with Gasteiger partial charge < -0.3 is 5.32 Å². The largest absolute Gasteiger partial charge is 0.389 e. The first kappa shape index (κ1) is 13.8. The van der Waals surface area contributed by atoms with E-state index in [1.807, 2.05) is 0 Å². The van der Waals surface area contributed by atoms with Crippen LogP contribution in [0.4, 0.5) is 18.9 Å². The second-order valence-electron chi connectivity index (χ2n) is 3.51. The maximum Gasteiger partial charge on any atom is 0.389 e. The molecule has 0 bridgehead atoms. The van der Waals surface area contributed by atoms with E-state index in [1.54, 1.807) is 13.0 Å². The van der Waals surface area contributed by atoms with Crippen LogP contribution in [0.1, 0.15) is 18.4 Å². The lowest BCUT2D eigenvalue weighted by Gasteiger charge is -2.08. The number of nitrogens with zero attached hydrogens (tertiary/aromatic N) is 1. The first-order valence-electron chi connectivity index (χ1n) is 4.76. The van der Waals surface area contributed by atoms with Crippen molar-refractivity contribution in [3.8, 4) is 0 Å². The molecule has 1 rings (SSSR count). The molecule has 0 spiro atoms. The Balaban J connectivity index is 2.59. The van der Waals surface area contributed by atoms with E-state index >= 15 is 0 Å². The summed E-state index contributed by atoms with van der Waals surface area (Å²) in [4.78, 5) is 15.0. The van der Waals surface area contributed by atoms with E-state index < -0.39 is 24.9 Å². The summed E-state index contributed by atoms with van der Waals surface area (Å²) in [5, 5.41) is 2.34. The molecule has 7 heteroatoms. The highest BCUT2D eigenvalue weighted by atomic mass is 35.5. The maximum absolute atomic E-state index is 11.9. The molecule has 94 valence electrons. The molecule has 0 aliphatic rings. The number of rotatable bonds is 3. The van der Waals surface area contributed by atoms with Gasteiger partial charge in [0.1, 0.15) is 0 Å². The number of pyridine rings is 1. The molecule has 0 aliphatic carbocycles. The van der Waals surface area contributed by atoms with Crippen LogP contribution in [0.25, 0.3) is 0 Å². The number of carbonyl (C=O) groups excluding carboxylic acids is 1. The average Bonchev–Trinajstić information content (AvgIpc) is 2.20. The average molecular weight is 267 g/mol. The van der Waals surface area contributed by atoms with E-state index in [0.29, 0.717) is 0 Å². The van der Waals surface area contributed by atoms with Gasteiger partial charge in [0.2, 0.25) is 5.91 Å². The number of aryl methyl sites for hydroxylation is 1. The summed E-state index contributed by atoms with van der Waals surface area (Å²) >= 11 is 5.68. The predicted octanol–water partition coefficient (Wildman–Crippen LogP) is 3.32. The van der Waals surface area contributed by atoms with E-state index in [1.165, 1.54) is 6.20 Å². The summed E-state index contributed by atoms with van der Waals surface area (Å²) in [6.07, 6.45) is -4.64. The molecular formula is C10H10ClF3N2O. The molecule has 1 heterocycles. The molecule has 3 nitrogen and oxygen atoms in total. The lowest BCUT2D eigenvalue weighted by atomic mass is 10.2. The van der Waals surface area contributed by atoms with Gasteiger partial charge in [-0.15, -0.1) is 0 Å². The molecule has 0 saturated carbocycles. The Morgan fingerprint density at radius 2 is 2.18 bits per heavy atom. The van der Waals surface area contributed by atoms with E-state index in [9.17, 15) is 18.0 Å². The topological polar surface area (TPSA) is 42.0 Å². The minimum Gasteiger partial charge on any atom is -0.323 e. The van der Waals surface area contributed by atoms with Crippen molar-refractivity contribution in [1.82, 2.24) is 4.98 Å². The Kier molecular flexibility index (Phi) is 4.34. The van der Waals surface area contributed by atoms with Crippen molar-refractivity contribution in [2.24, 2.45) is 0 Å². The summed E-state index contributed by atoms with van der Waals surface area (Å²) in [7, 11) is 0. The number of alkyl halides is 3. The molecule has 1 amide bonds. The number of aromatic nitrogens is 1. The van der Waals surface area contributed by atoms with Gasteiger partial charge in [-0.3, -0.25) is 4.79 Å². The number of hydrogen-bond acceptors (Lipinski definition) is 2. The molecule has 0 aromatic carbocycles. The second-order valence-corrected chi connectivity index (χ2v) is 3.87. The fraction of sp³-hybridized carbons (Fsp3) is 0.400. The number of anilines is 1. The van der Waals surface area contributed by atoms with Crippen LogP contribution < -0.4 is 5.32 Å². The van der Waals surface area contributed by atoms with Gasteiger partial charge >= 0.3 is 6.18 Å². The summed E-state index contributed by atoms with van der Waals surface area (Å²) in [5.74, 6) is -0.739. The maximum atomic E-state index is 11.9. The van der Waals surface area contributed by atoms with Gasteiger partial charge in [-0.05, 0) is 18.6 Å². The highest BCUT2D eigenvalue weighted by Gasteiger charge is 2.27. The number of halogens is 4. The quantitative estimate of drug-likeness (QED) is 0.853. The fourth-order valence-corrected chi connectivity index (χ4v) is 1.26. The minimum atomic E-state index is -4.34. The van der Waals surface area contributed by atoms with E-state index in [-0.39, 0.29) is 10.8 Å². The molecule has 1 N–H and O–H groups in total. The zero-order valence-electron chi connectivity index (χ0n) is 8.94. The van der Waals surface area contributed by atoms with Crippen LogP contribution in [-0.4, -0.2) is 17.1 Å². The number of carbonyl (C=O) groups is 1. The zero-order chi connectivity index (χ0) is 13.1. The van der Waals surface area contributed by atoms with Gasteiger partial charge in [0.05, 0.1) is 12.1 Å². The third-order valence-corrected chi connectivity index (χ3v) is 2.19. The molecule has 1 aromatic rings. The molecule has 0 aliphatic heterocycles. The van der Waals surface area contributed by atoms with Crippen molar-refractivity contribution in [3.63, 3.8) is 0 Å². The van der Waals surface area contributed by atoms with Crippen molar-refractivity contribution in [3.05, 3.63) is 23.0 Å². The van der Waals surface area contributed by atoms with Crippen molar-refractivity contribution in [2.75, 3.05) is 5.32 Å². The highest BCUT2D eigenvalue weighted by molar-refractivity contribution is 6.32. The standard InChI is InChI=1S/C10H10ClF3N2O/c1-6-4-7(9(11)15-5-6)16-8(17)2-3-10(12,13)14/h4-5H,2-3H2,1H3,(H,16,17). The Hall–Kier alpha value is -1.30. The van der Waals surface area contributed by atoms with Gasteiger partial charge in [-0.1, -0.05) is 11.6 Å². The van der Waals surface area contributed by atoms with Crippen LogP contribution in [0.3, 0.4) is 0 Å². The SMILES string of the molecule is Cc1cnc(Cl)c(NC(=O)CCC(F)(F)F)c1. The fourth-order valence-electron chi connectivity index (χ4n) is 1.11. The molecule has 0 fully saturated rings.